The summed E-state index contributed by atoms with van der Waals surface area (Å²) >= 11 is 3.12. The van der Waals surface area contributed by atoms with E-state index in [4.69, 9.17) is 4.74 Å². The number of nitrogens with one attached hydrogen (secondary N) is 1. The standard InChI is InChI=1S/C11H11BrFNO2/c1-8(12)6-14-11(15)7-16-10-4-2-9(13)3-5-10/h2-5H,1,6-7H2,(H,14,15). The Morgan fingerprint density at radius 1 is 1.44 bits per heavy atom. The molecule has 0 atom stereocenters. The molecule has 1 amide bonds. The van der Waals surface area contributed by atoms with Gasteiger partial charge in [0.2, 0.25) is 0 Å². The predicted octanol–water partition coefficient (Wildman–Crippen LogP) is 2.23. The normalized spacial score (nSPS) is 9.62. The van der Waals surface area contributed by atoms with Gasteiger partial charge in [0, 0.05) is 11.0 Å². The van der Waals surface area contributed by atoms with Crippen molar-refractivity contribution in [2.24, 2.45) is 0 Å². The molecule has 3 nitrogen and oxygen atoms in total. The van der Waals surface area contributed by atoms with Gasteiger partial charge < -0.3 is 10.1 Å². The van der Waals surface area contributed by atoms with Gasteiger partial charge in [-0.1, -0.05) is 22.5 Å². The van der Waals surface area contributed by atoms with E-state index in [2.05, 4.69) is 27.8 Å². The van der Waals surface area contributed by atoms with Gasteiger partial charge in [-0.25, -0.2) is 4.39 Å². The molecule has 0 unspecified atom stereocenters. The Morgan fingerprint density at radius 3 is 2.62 bits per heavy atom. The molecule has 0 spiro atoms. The van der Waals surface area contributed by atoms with Gasteiger partial charge in [-0.05, 0) is 24.3 Å². The minimum absolute atomic E-state index is 0.105. The molecule has 0 radical (unpaired) electrons. The number of benzene rings is 1. The molecule has 0 aliphatic heterocycles. The number of amides is 1. The molecule has 1 N–H and O–H groups in total. The fourth-order valence-corrected chi connectivity index (χ4v) is 1.07. The van der Waals surface area contributed by atoms with Crippen molar-refractivity contribution >= 4 is 21.8 Å². The highest BCUT2D eigenvalue weighted by Gasteiger charge is 2.02. The zero-order valence-electron chi connectivity index (χ0n) is 8.50. The summed E-state index contributed by atoms with van der Waals surface area (Å²) in [5, 5.41) is 2.58. The van der Waals surface area contributed by atoms with E-state index in [-0.39, 0.29) is 18.3 Å². The van der Waals surface area contributed by atoms with Crippen molar-refractivity contribution in [1.82, 2.24) is 5.32 Å². The Labute approximate surface area is 101 Å². The highest BCUT2D eigenvalue weighted by Crippen LogP contribution is 2.10. The van der Waals surface area contributed by atoms with Gasteiger partial charge in [0.15, 0.2) is 6.61 Å². The van der Waals surface area contributed by atoms with Gasteiger partial charge in [-0.2, -0.15) is 0 Å². The number of rotatable bonds is 5. The van der Waals surface area contributed by atoms with Crippen LogP contribution in [0.2, 0.25) is 0 Å². The maximum absolute atomic E-state index is 12.5. The second kappa shape index (κ2) is 6.27. The average Bonchev–Trinajstić information content (AvgIpc) is 2.25. The number of hydrogen-bond donors (Lipinski definition) is 1. The molecule has 0 bridgehead atoms. The minimum Gasteiger partial charge on any atom is -0.484 e. The molecule has 86 valence electrons. The molecule has 16 heavy (non-hydrogen) atoms. The van der Waals surface area contributed by atoms with Gasteiger partial charge in [0.05, 0.1) is 0 Å². The van der Waals surface area contributed by atoms with Crippen molar-refractivity contribution in [1.29, 1.82) is 0 Å². The summed E-state index contributed by atoms with van der Waals surface area (Å²) in [6.45, 7) is 3.82. The largest absolute Gasteiger partial charge is 0.484 e. The van der Waals surface area contributed by atoms with E-state index in [1.165, 1.54) is 24.3 Å². The first-order chi connectivity index (χ1) is 7.58. The third kappa shape index (κ3) is 4.93. The molecule has 0 aliphatic rings. The Bertz CT molecular complexity index is 378. The lowest BCUT2D eigenvalue weighted by Gasteiger charge is -2.06. The Morgan fingerprint density at radius 2 is 2.06 bits per heavy atom. The summed E-state index contributed by atoms with van der Waals surface area (Å²) in [6, 6.07) is 5.47. The summed E-state index contributed by atoms with van der Waals surface area (Å²) in [5.74, 6) is -0.147. The number of carbonyl (C=O) groups is 1. The molecular formula is C11H11BrFNO2. The smallest absolute Gasteiger partial charge is 0.258 e. The maximum atomic E-state index is 12.5. The first kappa shape index (κ1) is 12.7. The molecule has 0 saturated heterocycles. The molecule has 1 rings (SSSR count). The van der Waals surface area contributed by atoms with E-state index in [1.54, 1.807) is 0 Å². The van der Waals surface area contributed by atoms with Crippen LogP contribution in [0.3, 0.4) is 0 Å². The second-order valence-electron chi connectivity index (χ2n) is 3.04. The SMILES string of the molecule is C=C(Br)CNC(=O)COc1ccc(F)cc1. The van der Waals surface area contributed by atoms with Crippen LogP contribution in [0, 0.1) is 5.82 Å². The summed E-state index contributed by atoms with van der Waals surface area (Å²) in [7, 11) is 0. The van der Waals surface area contributed by atoms with Gasteiger partial charge in [0.25, 0.3) is 5.91 Å². The lowest BCUT2D eigenvalue weighted by Crippen LogP contribution is -2.29. The van der Waals surface area contributed by atoms with Gasteiger partial charge in [-0.15, -0.1) is 0 Å². The quantitative estimate of drug-likeness (QED) is 0.902. The molecule has 0 aromatic heterocycles. The lowest BCUT2D eigenvalue weighted by atomic mass is 10.3. The zero-order chi connectivity index (χ0) is 12.0. The lowest BCUT2D eigenvalue weighted by molar-refractivity contribution is -0.122. The van der Waals surface area contributed by atoms with Crippen LogP contribution in [0.25, 0.3) is 0 Å². The van der Waals surface area contributed by atoms with Crippen LogP contribution in [-0.2, 0) is 4.79 Å². The summed E-state index contributed by atoms with van der Waals surface area (Å²) in [5.41, 5.74) is 0. The summed E-state index contributed by atoms with van der Waals surface area (Å²) in [4.78, 5) is 11.2. The number of carbonyl (C=O) groups excluding carboxylic acids is 1. The molecule has 5 heteroatoms. The van der Waals surface area contributed by atoms with Crippen LogP contribution in [0.4, 0.5) is 4.39 Å². The molecular weight excluding hydrogens is 277 g/mol. The van der Waals surface area contributed by atoms with Crippen LogP contribution in [0.1, 0.15) is 0 Å². The Balaban J connectivity index is 2.31. The fraction of sp³-hybridized carbons (Fsp3) is 0.182. The zero-order valence-corrected chi connectivity index (χ0v) is 10.1. The fourth-order valence-electron chi connectivity index (χ4n) is 0.925. The first-order valence-electron chi connectivity index (χ1n) is 4.56. The third-order valence-electron chi connectivity index (χ3n) is 1.66. The summed E-state index contributed by atoms with van der Waals surface area (Å²) < 4.78 is 18.4. The minimum atomic E-state index is -0.340. The summed E-state index contributed by atoms with van der Waals surface area (Å²) in [6.07, 6.45) is 0. The number of hydrogen-bond acceptors (Lipinski definition) is 2. The van der Waals surface area contributed by atoms with E-state index in [0.29, 0.717) is 16.8 Å². The van der Waals surface area contributed by atoms with Crippen molar-refractivity contribution in [3.63, 3.8) is 0 Å². The van der Waals surface area contributed by atoms with Gasteiger partial charge in [-0.3, -0.25) is 4.79 Å². The first-order valence-corrected chi connectivity index (χ1v) is 5.35. The molecule has 0 fully saturated rings. The third-order valence-corrected chi connectivity index (χ3v) is 1.94. The predicted molar refractivity (Wildman–Crippen MR) is 63.0 cm³/mol. The molecule has 0 aliphatic carbocycles. The molecule has 0 heterocycles. The van der Waals surface area contributed by atoms with Crippen molar-refractivity contribution in [2.45, 2.75) is 0 Å². The van der Waals surface area contributed by atoms with Crippen molar-refractivity contribution in [3.05, 3.63) is 41.1 Å². The molecule has 1 aromatic rings. The van der Waals surface area contributed by atoms with Crippen LogP contribution in [0.15, 0.2) is 35.3 Å². The topological polar surface area (TPSA) is 38.3 Å². The van der Waals surface area contributed by atoms with Crippen LogP contribution < -0.4 is 10.1 Å². The van der Waals surface area contributed by atoms with E-state index in [9.17, 15) is 9.18 Å². The van der Waals surface area contributed by atoms with Crippen molar-refractivity contribution in [3.8, 4) is 5.75 Å². The maximum Gasteiger partial charge on any atom is 0.258 e. The van der Waals surface area contributed by atoms with E-state index >= 15 is 0 Å². The monoisotopic (exact) mass is 287 g/mol. The molecule has 1 aromatic carbocycles. The average molecular weight is 288 g/mol. The van der Waals surface area contributed by atoms with Crippen molar-refractivity contribution < 1.29 is 13.9 Å². The second-order valence-corrected chi connectivity index (χ2v) is 4.16. The van der Waals surface area contributed by atoms with E-state index in [1.807, 2.05) is 0 Å². The molecule has 0 saturated carbocycles. The van der Waals surface area contributed by atoms with Crippen LogP contribution in [-0.4, -0.2) is 19.1 Å². The number of ether oxygens (including phenoxy) is 1. The van der Waals surface area contributed by atoms with E-state index in [0.717, 1.165) is 0 Å². The number of halogens is 2. The van der Waals surface area contributed by atoms with E-state index < -0.39 is 0 Å². The Hall–Kier alpha value is -1.36. The van der Waals surface area contributed by atoms with Gasteiger partial charge >= 0.3 is 0 Å². The highest BCUT2D eigenvalue weighted by molar-refractivity contribution is 9.11. The van der Waals surface area contributed by atoms with Crippen LogP contribution >= 0.6 is 15.9 Å². The van der Waals surface area contributed by atoms with Crippen molar-refractivity contribution in [2.75, 3.05) is 13.2 Å². The highest BCUT2D eigenvalue weighted by atomic mass is 79.9. The Kier molecular flexibility index (Phi) is 4.98. The van der Waals surface area contributed by atoms with Gasteiger partial charge in [0.1, 0.15) is 11.6 Å². The van der Waals surface area contributed by atoms with Crippen LogP contribution in [0.5, 0.6) is 5.75 Å².